The minimum Gasteiger partial charge on any atom is -0.397 e. The average molecular weight is 428 g/mol. The van der Waals surface area contributed by atoms with Crippen molar-refractivity contribution in [2.45, 2.75) is 19.1 Å². The van der Waals surface area contributed by atoms with Gasteiger partial charge in [0.25, 0.3) is 0 Å². The summed E-state index contributed by atoms with van der Waals surface area (Å²) in [6, 6.07) is 8.42. The Bertz CT molecular complexity index is 866. The van der Waals surface area contributed by atoms with Gasteiger partial charge in [0.2, 0.25) is 0 Å². The number of nitrogens with two attached hydrogens (primary N) is 2. The average Bonchev–Trinajstić information content (AvgIpc) is 2.67. The van der Waals surface area contributed by atoms with Crippen molar-refractivity contribution in [1.82, 2.24) is 4.90 Å². The second kappa shape index (κ2) is 8.30. The van der Waals surface area contributed by atoms with E-state index in [0.29, 0.717) is 11.4 Å². The molecule has 0 bridgehead atoms. The van der Waals surface area contributed by atoms with Gasteiger partial charge in [-0.05, 0) is 49.9 Å². The molecule has 2 aromatic carbocycles. The maximum absolute atomic E-state index is 13.5. The molecular formula is C20H25ClF3N5. The van der Waals surface area contributed by atoms with E-state index >= 15 is 0 Å². The molecule has 1 aliphatic heterocycles. The molecule has 1 unspecified atom stereocenters. The number of anilines is 3. The maximum Gasteiger partial charge on any atom is 0.416 e. The number of hydrazine groups is 1. The number of rotatable bonds is 4. The summed E-state index contributed by atoms with van der Waals surface area (Å²) >= 11 is 5.79. The van der Waals surface area contributed by atoms with Gasteiger partial charge in [0.1, 0.15) is 0 Å². The van der Waals surface area contributed by atoms with Crippen molar-refractivity contribution < 1.29 is 13.2 Å². The van der Waals surface area contributed by atoms with E-state index in [2.05, 4.69) is 16.8 Å². The van der Waals surface area contributed by atoms with Crippen molar-refractivity contribution in [2.75, 3.05) is 48.9 Å². The van der Waals surface area contributed by atoms with Crippen LogP contribution in [0.4, 0.5) is 30.2 Å². The summed E-state index contributed by atoms with van der Waals surface area (Å²) in [6.45, 7) is 5.19. The third-order valence-corrected chi connectivity index (χ3v) is 5.58. The van der Waals surface area contributed by atoms with Gasteiger partial charge in [-0.1, -0.05) is 17.7 Å². The van der Waals surface area contributed by atoms with Crippen LogP contribution in [0.1, 0.15) is 24.1 Å². The molecule has 0 radical (unpaired) electrons. The Balaban J connectivity index is 1.92. The molecule has 0 aromatic heterocycles. The summed E-state index contributed by atoms with van der Waals surface area (Å²) in [5.74, 6) is 6.27. The largest absolute Gasteiger partial charge is 0.416 e. The van der Waals surface area contributed by atoms with Crippen LogP contribution < -0.4 is 21.5 Å². The van der Waals surface area contributed by atoms with Gasteiger partial charge in [-0.2, -0.15) is 13.2 Å². The maximum atomic E-state index is 13.5. The fourth-order valence-corrected chi connectivity index (χ4v) is 3.69. The fourth-order valence-electron chi connectivity index (χ4n) is 3.51. The lowest BCUT2D eigenvalue weighted by Crippen LogP contribution is -2.44. The Kier molecular flexibility index (Phi) is 6.16. The first kappa shape index (κ1) is 21.5. The zero-order chi connectivity index (χ0) is 21.3. The van der Waals surface area contributed by atoms with Gasteiger partial charge >= 0.3 is 6.18 Å². The van der Waals surface area contributed by atoms with Crippen LogP contribution in [-0.4, -0.2) is 38.1 Å². The summed E-state index contributed by atoms with van der Waals surface area (Å²) in [7, 11) is 2.07. The smallest absolute Gasteiger partial charge is 0.397 e. The van der Waals surface area contributed by atoms with Crippen molar-refractivity contribution in [3.8, 4) is 0 Å². The lowest BCUT2D eigenvalue weighted by atomic mass is 10.00. The third kappa shape index (κ3) is 4.71. The summed E-state index contributed by atoms with van der Waals surface area (Å²) in [4.78, 5) is 4.45. The highest BCUT2D eigenvalue weighted by atomic mass is 35.5. The van der Waals surface area contributed by atoms with Gasteiger partial charge in [0.15, 0.2) is 0 Å². The molecule has 1 aliphatic rings. The van der Waals surface area contributed by atoms with Gasteiger partial charge < -0.3 is 20.5 Å². The zero-order valence-electron chi connectivity index (χ0n) is 16.4. The molecule has 9 heteroatoms. The fraction of sp³-hybridized carbons (Fsp3) is 0.400. The highest BCUT2D eigenvalue weighted by Gasteiger charge is 2.36. The summed E-state index contributed by atoms with van der Waals surface area (Å²) < 4.78 is 40.6. The van der Waals surface area contributed by atoms with Crippen LogP contribution in [0.2, 0.25) is 5.02 Å². The van der Waals surface area contributed by atoms with Crippen molar-refractivity contribution in [3.05, 3.63) is 52.5 Å². The molecule has 158 valence electrons. The second-order valence-electron chi connectivity index (χ2n) is 7.35. The highest BCUT2D eigenvalue weighted by Crippen LogP contribution is 2.39. The van der Waals surface area contributed by atoms with E-state index in [-0.39, 0.29) is 10.6 Å². The Morgan fingerprint density at radius 2 is 1.72 bits per heavy atom. The van der Waals surface area contributed by atoms with Gasteiger partial charge in [0, 0.05) is 36.9 Å². The van der Waals surface area contributed by atoms with Crippen molar-refractivity contribution in [2.24, 2.45) is 5.84 Å². The summed E-state index contributed by atoms with van der Waals surface area (Å²) in [5.41, 5.74) is 7.17. The van der Waals surface area contributed by atoms with Crippen LogP contribution in [-0.2, 0) is 6.18 Å². The molecule has 29 heavy (non-hydrogen) atoms. The minimum absolute atomic E-state index is 0.0217. The summed E-state index contributed by atoms with van der Waals surface area (Å²) in [6.07, 6.45) is -4.54. The van der Waals surface area contributed by atoms with Crippen molar-refractivity contribution in [1.29, 1.82) is 0 Å². The van der Waals surface area contributed by atoms with E-state index in [0.717, 1.165) is 37.9 Å². The molecule has 5 nitrogen and oxygen atoms in total. The predicted molar refractivity (Wildman–Crippen MR) is 112 cm³/mol. The number of hydrogen-bond acceptors (Lipinski definition) is 5. The molecule has 1 saturated heterocycles. The quantitative estimate of drug-likeness (QED) is 0.436. The lowest BCUT2D eigenvalue weighted by molar-refractivity contribution is -0.138. The number of hydrogen-bond donors (Lipinski definition) is 2. The van der Waals surface area contributed by atoms with Gasteiger partial charge in [0.05, 0.1) is 23.0 Å². The Hall–Kier alpha value is -2.16. The van der Waals surface area contributed by atoms with Crippen LogP contribution in [0.5, 0.6) is 0 Å². The Labute approximate surface area is 173 Å². The SMILES string of the molecule is CC(c1ccc(Cl)cc1C(F)(F)F)N(N)c1cc(N2CCN(C)CC2)ccc1N. The second-order valence-corrected chi connectivity index (χ2v) is 7.78. The molecule has 1 heterocycles. The molecule has 1 atom stereocenters. The molecule has 3 rings (SSSR count). The van der Waals surface area contributed by atoms with Gasteiger partial charge in [-0.3, -0.25) is 0 Å². The first-order valence-electron chi connectivity index (χ1n) is 9.31. The third-order valence-electron chi connectivity index (χ3n) is 5.35. The van der Waals surface area contributed by atoms with Crippen molar-refractivity contribution >= 4 is 28.7 Å². The molecular weight excluding hydrogens is 403 g/mol. The van der Waals surface area contributed by atoms with Gasteiger partial charge in [-0.15, -0.1) is 0 Å². The highest BCUT2D eigenvalue weighted by molar-refractivity contribution is 6.30. The lowest BCUT2D eigenvalue weighted by Gasteiger charge is -2.35. The number of likely N-dealkylation sites (N-methyl/N-ethyl adjacent to an activating group) is 1. The Morgan fingerprint density at radius 1 is 1.07 bits per heavy atom. The van der Waals surface area contributed by atoms with Crippen LogP contribution in [0.25, 0.3) is 0 Å². The van der Waals surface area contributed by atoms with E-state index in [1.807, 2.05) is 12.1 Å². The van der Waals surface area contributed by atoms with Gasteiger partial charge in [-0.25, -0.2) is 5.84 Å². The number of alkyl halides is 3. The molecule has 0 saturated carbocycles. The van der Waals surface area contributed by atoms with E-state index < -0.39 is 17.8 Å². The number of nitrogens with zero attached hydrogens (tertiary/aromatic N) is 3. The normalized spacial score (nSPS) is 16.7. The number of halogens is 4. The van der Waals surface area contributed by atoms with Crippen LogP contribution in [0.3, 0.4) is 0 Å². The molecule has 0 amide bonds. The molecule has 4 N–H and O–H groups in total. The van der Waals surface area contributed by atoms with E-state index in [4.69, 9.17) is 23.2 Å². The first-order valence-corrected chi connectivity index (χ1v) is 9.69. The molecule has 2 aromatic rings. The van der Waals surface area contributed by atoms with E-state index in [1.165, 1.54) is 17.1 Å². The number of benzene rings is 2. The standard InChI is InChI=1S/C20H25ClF3N5/c1-13(16-5-3-14(21)11-17(16)20(22,23)24)29(26)19-12-15(4-6-18(19)25)28-9-7-27(2)8-10-28/h3-6,11-13H,7-10,25-26H2,1-2H3. The molecule has 1 fully saturated rings. The number of nitrogen functional groups attached to an aromatic ring is 1. The van der Waals surface area contributed by atoms with E-state index in [9.17, 15) is 13.2 Å². The molecule has 0 aliphatic carbocycles. The first-order chi connectivity index (χ1) is 13.6. The zero-order valence-corrected chi connectivity index (χ0v) is 17.1. The topological polar surface area (TPSA) is 61.8 Å². The van der Waals surface area contributed by atoms with Crippen LogP contribution >= 0.6 is 11.6 Å². The molecule has 0 spiro atoms. The monoisotopic (exact) mass is 427 g/mol. The van der Waals surface area contributed by atoms with Crippen LogP contribution in [0, 0.1) is 0 Å². The minimum atomic E-state index is -4.54. The summed E-state index contributed by atoms with van der Waals surface area (Å²) in [5, 5.41) is 1.31. The predicted octanol–water partition coefficient (Wildman–Crippen LogP) is 4.13. The number of piperazine rings is 1. The van der Waals surface area contributed by atoms with E-state index in [1.54, 1.807) is 13.0 Å². The van der Waals surface area contributed by atoms with Crippen molar-refractivity contribution in [3.63, 3.8) is 0 Å². The Morgan fingerprint density at radius 3 is 2.34 bits per heavy atom. The van der Waals surface area contributed by atoms with Crippen LogP contribution in [0.15, 0.2) is 36.4 Å².